The van der Waals surface area contributed by atoms with Gasteiger partial charge in [-0.3, -0.25) is 4.79 Å². The van der Waals surface area contributed by atoms with Crippen LogP contribution in [0.15, 0.2) is 18.3 Å². The van der Waals surface area contributed by atoms with E-state index < -0.39 is 5.79 Å². The molecule has 4 heterocycles. The molecule has 3 aliphatic heterocycles. The van der Waals surface area contributed by atoms with Gasteiger partial charge in [-0.15, -0.1) is 0 Å². The molecule has 0 aliphatic carbocycles. The summed E-state index contributed by atoms with van der Waals surface area (Å²) in [4.78, 5) is 19.1. The second-order valence-corrected chi connectivity index (χ2v) is 7.51. The van der Waals surface area contributed by atoms with E-state index in [2.05, 4.69) is 4.98 Å². The molecule has 1 spiro atoms. The van der Waals surface area contributed by atoms with E-state index in [1.807, 2.05) is 16.7 Å². The van der Waals surface area contributed by atoms with Crippen molar-refractivity contribution in [3.8, 4) is 5.88 Å². The van der Waals surface area contributed by atoms with E-state index in [1.165, 1.54) is 0 Å². The van der Waals surface area contributed by atoms with Crippen molar-refractivity contribution in [3.63, 3.8) is 0 Å². The maximum Gasteiger partial charge on any atom is 0.259 e. The number of hydrogen-bond acceptors (Lipinski definition) is 6. The highest BCUT2D eigenvalue weighted by atomic mass is 32.2. The van der Waals surface area contributed by atoms with Gasteiger partial charge in [0.15, 0.2) is 5.79 Å². The number of carbonyl (C=O) groups is 1. The number of hydrogen-bond donors (Lipinski definition) is 0. The fraction of sp³-hybridized carbons (Fsp3) is 0.647. The zero-order valence-electron chi connectivity index (χ0n) is 13.6. The first-order valence-electron chi connectivity index (χ1n) is 8.52. The van der Waals surface area contributed by atoms with Crippen molar-refractivity contribution < 1.29 is 19.0 Å². The first-order valence-corrected chi connectivity index (χ1v) is 9.68. The SMILES string of the molecule is O=C(c1cccnc1OC1CCSC1)N1CCC2(CC1)OCCO2. The van der Waals surface area contributed by atoms with Crippen molar-refractivity contribution in [2.45, 2.75) is 31.2 Å². The summed E-state index contributed by atoms with van der Waals surface area (Å²) in [5.41, 5.74) is 0.554. The molecule has 1 aromatic heterocycles. The Morgan fingerprint density at radius 2 is 2.12 bits per heavy atom. The Balaban J connectivity index is 1.44. The molecule has 1 amide bonds. The van der Waals surface area contributed by atoms with Gasteiger partial charge in [-0.05, 0) is 24.3 Å². The Kier molecular flexibility index (Phi) is 4.65. The summed E-state index contributed by atoms with van der Waals surface area (Å²) in [5.74, 6) is 2.05. The molecule has 1 aromatic rings. The van der Waals surface area contributed by atoms with E-state index in [9.17, 15) is 4.79 Å². The number of nitrogens with zero attached hydrogens (tertiary/aromatic N) is 2. The van der Waals surface area contributed by atoms with E-state index in [4.69, 9.17) is 14.2 Å². The zero-order valence-corrected chi connectivity index (χ0v) is 14.4. The molecule has 0 saturated carbocycles. The third kappa shape index (κ3) is 3.25. The largest absolute Gasteiger partial charge is 0.473 e. The molecule has 3 fully saturated rings. The molecule has 130 valence electrons. The van der Waals surface area contributed by atoms with Gasteiger partial charge < -0.3 is 19.1 Å². The van der Waals surface area contributed by atoms with Gasteiger partial charge in [0.05, 0.1) is 13.2 Å². The Labute approximate surface area is 145 Å². The van der Waals surface area contributed by atoms with Crippen LogP contribution in [-0.2, 0) is 9.47 Å². The fourth-order valence-electron chi connectivity index (χ4n) is 3.42. The molecule has 0 bridgehead atoms. The number of thioether (sulfide) groups is 1. The minimum Gasteiger partial charge on any atom is -0.473 e. The van der Waals surface area contributed by atoms with Gasteiger partial charge in [0.1, 0.15) is 11.7 Å². The Bertz CT molecular complexity index is 590. The first-order chi connectivity index (χ1) is 11.8. The van der Waals surface area contributed by atoms with Crippen molar-refractivity contribution in [1.82, 2.24) is 9.88 Å². The fourth-order valence-corrected chi connectivity index (χ4v) is 4.51. The van der Waals surface area contributed by atoms with Crippen molar-refractivity contribution in [3.05, 3.63) is 23.9 Å². The predicted octanol–water partition coefficient (Wildman–Crippen LogP) is 1.94. The lowest BCUT2D eigenvalue weighted by Gasteiger charge is -2.37. The van der Waals surface area contributed by atoms with Crippen molar-refractivity contribution in [2.75, 3.05) is 37.8 Å². The molecule has 3 saturated heterocycles. The predicted molar refractivity (Wildman–Crippen MR) is 90.4 cm³/mol. The summed E-state index contributed by atoms with van der Waals surface area (Å²) < 4.78 is 17.4. The molecule has 0 N–H and O–H groups in total. The van der Waals surface area contributed by atoms with Crippen LogP contribution in [0, 0.1) is 0 Å². The molecule has 7 heteroatoms. The van der Waals surface area contributed by atoms with Gasteiger partial charge in [0.25, 0.3) is 5.91 Å². The lowest BCUT2D eigenvalue weighted by atomic mass is 10.0. The van der Waals surface area contributed by atoms with Crippen LogP contribution >= 0.6 is 11.8 Å². The van der Waals surface area contributed by atoms with E-state index in [1.54, 1.807) is 18.3 Å². The molecule has 1 atom stereocenters. The lowest BCUT2D eigenvalue weighted by molar-refractivity contribution is -0.181. The minimum absolute atomic E-state index is 0.0170. The molecular weight excluding hydrogens is 328 g/mol. The van der Waals surface area contributed by atoms with Gasteiger partial charge in [-0.2, -0.15) is 11.8 Å². The van der Waals surface area contributed by atoms with Crippen LogP contribution in [0.25, 0.3) is 0 Å². The van der Waals surface area contributed by atoms with E-state index in [0.717, 1.165) is 17.9 Å². The summed E-state index contributed by atoms with van der Waals surface area (Å²) in [6.07, 6.45) is 4.28. The Morgan fingerprint density at radius 1 is 1.33 bits per heavy atom. The normalized spacial score (nSPS) is 26.0. The second-order valence-electron chi connectivity index (χ2n) is 6.36. The number of rotatable bonds is 3. The third-order valence-corrected chi connectivity index (χ3v) is 5.93. The summed E-state index contributed by atoms with van der Waals surface area (Å²) in [7, 11) is 0. The van der Waals surface area contributed by atoms with Crippen LogP contribution in [0.1, 0.15) is 29.6 Å². The summed E-state index contributed by atoms with van der Waals surface area (Å²) in [6.45, 7) is 2.56. The molecule has 6 nitrogen and oxygen atoms in total. The van der Waals surface area contributed by atoms with Crippen LogP contribution in [-0.4, -0.2) is 65.5 Å². The van der Waals surface area contributed by atoms with Gasteiger partial charge in [0.2, 0.25) is 5.88 Å². The lowest BCUT2D eigenvalue weighted by Crippen LogP contribution is -2.47. The topological polar surface area (TPSA) is 60.9 Å². The highest BCUT2D eigenvalue weighted by molar-refractivity contribution is 7.99. The maximum absolute atomic E-state index is 12.9. The van der Waals surface area contributed by atoms with Crippen molar-refractivity contribution >= 4 is 17.7 Å². The van der Waals surface area contributed by atoms with Crippen LogP contribution < -0.4 is 4.74 Å². The van der Waals surface area contributed by atoms with Gasteiger partial charge >= 0.3 is 0 Å². The molecule has 1 unspecified atom stereocenters. The second kappa shape index (κ2) is 6.90. The standard InChI is InChI=1S/C17H22N2O4S/c20-16(19-7-4-17(5-8-19)21-9-10-22-17)14-2-1-6-18-15(14)23-13-3-11-24-12-13/h1-2,6,13H,3-5,7-12H2. The van der Waals surface area contributed by atoms with Gasteiger partial charge in [0, 0.05) is 37.9 Å². The quantitative estimate of drug-likeness (QED) is 0.830. The van der Waals surface area contributed by atoms with Crippen LogP contribution in [0.3, 0.4) is 0 Å². The number of ether oxygens (including phenoxy) is 3. The van der Waals surface area contributed by atoms with E-state index in [0.29, 0.717) is 50.6 Å². The van der Waals surface area contributed by atoms with Crippen LogP contribution in [0.5, 0.6) is 5.88 Å². The zero-order chi connectivity index (χ0) is 16.4. The average Bonchev–Trinajstić information content (AvgIpc) is 3.28. The number of carbonyl (C=O) groups excluding carboxylic acids is 1. The number of amides is 1. The minimum atomic E-state index is -0.466. The van der Waals surface area contributed by atoms with Gasteiger partial charge in [-0.1, -0.05) is 0 Å². The van der Waals surface area contributed by atoms with Crippen molar-refractivity contribution in [1.29, 1.82) is 0 Å². The molecule has 3 aliphatic rings. The molecule has 24 heavy (non-hydrogen) atoms. The van der Waals surface area contributed by atoms with Crippen LogP contribution in [0.2, 0.25) is 0 Å². The monoisotopic (exact) mass is 350 g/mol. The number of pyridine rings is 1. The Hall–Kier alpha value is -1.31. The summed E-state index contributed by atoms with van der Waals surface area (Å²) >= 11 is 1.88. The number of aromatic nitrogens is 1. The molecular formula is C17H22N2O4S. The van der Waals surface area contributed by atoms with E-state index in [-0.39, 0.29) is 12.0 Å². The van der Waals surface area contributed by atoms with Crippen LogP contribution in [0.4, 0.5) is 0 Å². The summed E-state index contributed by atoms with van der Waals surface area (Å²) in [6, 6.07) is 3.60. The van der Waals surface area contributed by atoms with E-state index >= 15 is 0 Å². The maximum atomic E-state index is 12.9. The Morgan fingerprint density at radius 3 is 2.83 bits per heavy atom. The van der Waals surface area contributed by atoms with Crippen molar-refractivity contribution in [2.24, 2.45) is 0 Å². The number of piperidine rings is 1. The molecule has 0 radical (unpaired) electrons. The highest BCUT2D eigenvalue weighted by Gasteiger charge is 2.41. The third-order valence-electron chi connectivity index (χ3n) is 4.79. The summed E-state index contributed by atoms with van der Waals surface area (Å²) in [5, 5.41) is 0. The first kappa shape index (κ1) is 16.2. The average molecular weight is 350 g/mol. The molecule has 4 rings (SSSR count). The molecule has 0 aromatic carbocycles. The van der Waals surface area contributed by atoms with Gasteiger partial charge in [-0.25, -0.2) is 4.98 Å². The smallest absolute Gasteiger partial charge is 0.259 e. The highest BCUT2D eigenvalue weighted by Crippen LogP contribution is 2.32. The number of likely N-dealkylation sites (tertiary alicyclic amines) is 1.